The van der Waals surface area contributed by atoms with Gasteiger partial charge >= 0.3 is 0 Å². The van der Waals surface area contributed by atoms with Crippen molar-refractivity contribution >= 4 is 5.69 Å². The largest absolute Gasteiger partial charge is 0.504 e. The van der Waals surface area contributed by atoms with Crippen LogP contribution in [0.1, 0.15) is 33.1 Å². The molecule has 1 fully saturated rings. The van der Waals surface area contributed by atoms with E-state index in [-0.39, 0.29) is 5.75 Å². The average Bonchev–Trinajstić information content (AvgIpc) is 2.27. The molecule has 2 rings (SSSR count). The lowest BCUT2D eigenvalue weighted by Crippen LogP contribution is -2.30. The van der Waals surface area contributed by atoms with Crippen molar-refractivity contribution in [1.82, 2.24) is 0 Å². The van der Waals surface area contributed by atoms with Crippen molar-refractivity contribution in [3.8, 4) is 11.5 Å². The van der Waals surface area contributed by atoms with Crippen molar-refractivity contribution in [2.45, 2.75) is 39.2 Å². The van der Waals surface area contributed by atoms with Crippen LogP contribution in [0.2, 0.25) is 0 Å². The molecular weight excluding hydrogens is 226 g/mol. The summed E-state index contributed by atoms with van der Waals surface area (Å²) in [5.41, 5.74) is 0.972. The highest BCUT2D eigenvalue weighted by Crippen LogP contribution is 2.33. The van der Waals surface area contributed by atoms with Gasteiger partial charge in [-0.15, -0.1) is 0 Å². The number of hydrogen-bond acceptors (Lipinski definition) is 3. The summed E-state index contributed by atoms with van der Waals surface area (Å²) < 4.78 is 5.05. The van der Waals surface area contributed by atoms with Gasteiger partial charge in [0.1, 0.15) is 0 Å². The number of benzene rings is 1. The minimum Gasteiger partial charge on any atom is -0.504 e. The highest BCUT2D eigenvalue weighted by Gasteiger charge is 2.23. The van der Waals surface area contributed by atoms with Crippen LogP contribution in [0.25, 0.3) is 0 Å². The predicted molar refractivity (Wildman–Crippen MR) is 74.2 cm³/mol. The Labute approximate surface area is 109 Å². The summed E-state index contributed by atoms with van der Waals surface area (Å²) in [5, 5.41) is 13.3. The van der Waals surface area contributed by atoms with E-state index in [0.29, 0.717) is 11.8 Å². The van der Waals surface area contributed by atoms with Crippen molar-refractivity contribution < 1.29 is 9.84 Å². The van der Waals surface area contributed by atoms with Gasteiger partial charge in [-0.1, -0.05) is 13.8 Å². The Morgan fingerprint density at radius 2 is 1.83 bits per heavy atom. The molecule has 2 N–H and O–H groups in total. The molecule has 1 aromatic carbocycles. The number of ether oxygens (including phenoxy) is 1. The lowest BCUT2D eigenvalue weighted by Gasteiger charge is -2.32. The first-order valence-corrected chi connectivity index (χ1v) is 6.72. The Balaban J connectivity index is 2.02. The maximum absolute atomic E-state index is 9.76. The van der Waals surface area contributed by atoms with Crippen LogP contribution in [0.3, 0.4) is 0 Å². The molecule has 0 amide bonds. The summed E-state index contributed by atoms with van der Waals surface area (Å²) in [5.74, 6) is 2.27. The molecule has 0 aromatic heterocycles. The number of anilines is 1. The minimum atomic E-state index is 0.194. The zero-order valence-corrected chi connectivity index (χ0v) is 11.4. The summed E-state index contributed by atoms with van der Waals surface area (Å²) in [7, 11) is 1.56. The summed E-state index contributed by atoms with van der Waals surface area (Å²) >= 11 is 0. The lowest BCUT2D eigenvalue weighted by atomic mass is 9.80. The van der Waals surface area contributed by atoms with Crippen LogP contribution < -0.4 is 10.1 Å². The van der Waals surface area contributed by atoms with Gasteiger partial charge in [0.15, 0.2) is 11.5 Å². The Bertz CT molecular complexity index is 395. The van der Waals surface area contributed by atoms with E-state index in [4.69, 9.17) is 4.74 Å². The molecule has 0 spiro atoms. The molecule has 100 valence electrons. The third kappa shape index (κ3) is 3.09. The number of rotatable bonds is 3. The first-order valence-electron chi connectivity index (χ1n) is 6.72. The number of nitrogens with one attached hydrogen (secondary N) is 1. The molecule has 0 bridgehead atoms. The first-order chi connectivity index (χ1) is 8.58. The molecule has 3 nitrogen and oxygen atoms in total. The molecule has 3 heteroatoms. The van der Waals surface area contributed by atoms with Gasteiger partial charge in [0.2, 0.25) is 0 Å². The number of methoxy groups -OCH3 is 1. The summed E-state index contributed by atoms with van der Waals surface area (Å²) in [6.45, 7) is 4.63. The summed E-state index contributed by atoms with van der Waals surface area (Å²) in [4.78, 5) is 0. The van der Waals surface area contributed by atoms with Crippen molar-refractivity contribution in [3.05, 3.63) is 18.2 Å². The Morgan fingerprint density at radius 3 is 2.39 bits per heavy atom. The predicted octanol–water partition coefficient (Wildman–Crippen LogP) is 3.64. The van der Waals surface area contributed by atoms with Crippen molar-refractivity contribution in [2.24, 2.45) is 11.8 Å². The number of aromatic hydroxyl groups is 1. The average molecular weight is 249 g/mol. The number of phenolic OH excluding ortho intramolecular Hbond substituents is 1. The first kappa shape index (κ1) is 13.1. The quantitative estimate of drug-likeness (QED) is 0.859. The number of phenols is 1. The minimum absolute atomic E-state index is 0.194. The highest BCUT2D eigenvalue weighted by molar-refractivity contribution is 5.54. The van der Waals surface area contributed by atoms with E-state index in [9.17, 15) is 5.11 Å². The fourth-order valence-corrected chi connectivity index (χ4v) is 3.08. The lowest BCUT2D eigenvalue weighted by molar-refractivity contribution is 0.281. The van der Waals surface area contributed by atoms with Crippen LogP contribution in [-0.4, -0.2) is 18.3 Å². The smallest absolute Gasteiger partial charge is 0.160 e. The van der Waals surface area contributed by atoms with E-state index in [0.717, 1.165) is 17.5 Å². The van der Waals surface area contributed by atoms with Gasteiger partial charge in [0, 0.05) is 17.8 Å². The summed E-state index contributed by atoms with van der Waals surface area (Å²) in [6.07, 6.45) is 3.74. The molecule has 0 heterocycles. The molecule has 1 saturated carbocycles. The second-order valence-corrected chi connectivity index (χ2v) is 5.65. The van der Waals surface area contributed by atoms with Crippen LogP contribution in [0.15, 0.2) is 18.2 Å². The highest BCUT2D eigenvalue weighted by atomic mass is 16.5. The standard InChI is InChI=1S/C15H23NO2/c1-10-6-11(2)8-13(7-10)16-12-4-5-15(18-3)14(17)9-12/h4-5,9-11,13,16-17H,6-8H2,1-3H3. The molecule has 0 aliphatic heterocycles. The Kier molecular flexibility index (Phi) is 4.00. The summed E-state index contributed by atoms with van der Waals surface area (Å²) in [6, 6.07) is 6.01. The van der Waals surface area contributed by atoms with Crippen LogP contribution in [0, 0.1) is 11.8 Å². The van der Waals surface area contributed by atoms with Gasteiger partial charge < -0.3 is 15.2 Å². The van der Waals surface area contributed by atoms with Gasteiger partial charge in [-0.2, -0.15) is 0 Å². The van der Waals surface area contributed by atoms with E-state index in [1.807, 2.05) is 6.07 Å². The molecular formula is C15H23NO2. The third-order valence-corrected chi connectivity index (χ3v) is 3.73. The fraction of sp³-hybridized carbons (Fsp3) is 0.600. The Hall–Kier alpha value is -1.38. The molecule has 0 radical (unpaired) electrons. The maximum atomic E-state index is 9.76. The van der Waals surface area contributed by atoms with Gasteiger partial charge in [0.05, 0.1) is 7.11 Å². The second kappa shape index (κ2) is 5.51. The van der Waals surface area contributed by atoms with Gasteiger partial charge in [-0.05, 0) is 43.2 Å². The van der Waals surface area contributed by atoms with Crippen molar-refractivity contribution in [2.75, 3.05) is 12.4 Å². The third-order valence-electron chi connectivity index (χ3n) is 3.73. The monoisotopic (exact) mass is 249 g/mol. The molecule has 1 aliphatic carbocycles. The molecule has 2 unspecified atom stereocenters. The van der Waals surface area contributed by atoms with E-state index in [1.165, 1.54) is 19.3 Å². The molecule has 1 aliphatic rings. The van der Waals surface area contributed by atoms with Gasteiger partial charge in [-0.25, -0.2) is 0 Å². The topological polar surface area (TPSA) is 41.5 Å². The molecule has 1 aromatic rings. The number of hydrogen-bond donors (Lipinski definition) is 2. The van der Waals surface area contributed by atoms with Gasteiger partial charge in [-0.3, -0.25) is 0 Å². The normalized spacial score (nSPS) is 27.8. The van der Waals surface area contributed by atoms with E-state index in [1.54, 1.807) is 19.2 Å². The van der Waals surface area contributed by atoms with Crippen LogP contribution in [-0.2, 0) is 0 Å². The molecule has 18 heavy (non-hydrogen) atoms. The van der Waals surface area contributed by atoms with Crippen LogP contribution in [0.4, 0.5) is 5.69 Å². The van der Waals surface area contributed by atoms with Crippen molar-refractivity contribution in [3.63, 3.8) is 0 Å². The molecule has 2 atom stereocenters. The van der Waals surface area contributed by atoms with E-state index >= 15 is 0 Å². The zero-order valence-electron chi connectivity index (χ0n) is 11.4. The second-order valence-electron chi connectivity index (χ2n) is 5.65. The van der Waals surface area contributed by atoms with E-state index < -0.39 is 0 Å². The molecule has 0 saturated heterocycles. The van der Waals surface area contributed by atoms with Crippen LogP contribution >= 0.6 is 0 Å². The fourth-order valence-electron chi connectivity index (χ4n) is 3.08. The zero-order chi connectivity index (χ0) is 13.1. The Morgan fingerprint density at radius 1 is 1.17 bits per heavy atom. The van der Waals surface area contributed by atoms with E-state index in [2.05, 4.69) is 19.2 Å². The maximum Gasteiger partial charge on any atom is 0.160 e. The van der Waals surface area contributed by atoms with Crippen molar-refractivity contribution in [1.29, 1.82) is 0 Å². The van der Waals surface area contributed by atoms with Crippen LogP contribution in [0.5, 0.6) is 11.5 Å². The SMILES string of the molecule is COc1ccc(NC2CC(C)CC(C)C2)cc1O. The van der Waals surface area contributed by atoms with Gasteiger partial charge in [0.25, 0.3) is 0 Å².